The van der Waals surface area contributed by atoms with Crippen LogP contribution in [0.1, 0.15) is 12.8 Å². The molecule has 0 bridgehead atoms. The van der Waals surface area contributed by atoms with E-state index in [1.54, 1.807) is 4.90 Å². The third kappa shape index (κ3) is 2.52. The van der Waals surface area contributed by atoms with Crippen LogP contribution in [-0.4, -0.2) is 29.2 Å². The van der Waals surface area contributed by atoms with Crippen molar-refractivity contribution in [1.82, 2.24) is 0 Å². The maximum atomic E-state index is 13.0. The van der Waals surface area contributed by atoms with Gasteiger partial charge in [-0.05, 0) is 25.0 Å². The molecule has 2 rings (SSSR count). The number of benzene rings is 1. The Morgan fingerprint density at radius 2 is 2.29 bits per heavy atom. The zero-order chi connectivity index (χ0) is 12.4. The number of β-amino-alcohol motifs (C(OH)–C–C–N with tert-alkyl or cyclic N) is 1. The molecule has 1 aromatic rings. The van der Waals surface area contributed by atoms with Gasteiger partial charge in [-0.3, -0.25) is 10.1 Å². The van der Waals surface area contributed by atoms with Crippen LogP contribution in [0.15, 0.2) is 18.2 Å². The van der Waals surface area contributed by atoms with Crippen molar-refractivity contribution < 1.29 is 14.4 Å². The minimum Gasteiger partial charge on any atom is -0.391 e. The summed E-state index contributed by atoms with van der Waals surface area (Å²) in [6.07, 6.45) is 0.995. The summed E-state index contributed by atoms with van der Waals surface area (Å²) in [7, 11) is 0. The Morgan fingerprint density at radius 3 is 2.94 bits per heavy atom. The van der Waals surface area contributed by atoms with Gasteiger partial charge in [-0.1, -0.05) is 0 Å². The highest BCUT2D eigenvalue weighted by molar-refractivity contribution is 5.63. The Labute approximate surface area is 97.6 Å². The van der Waals surface area contributed by atoms with E-state index in [4.69, 9.17) is 0 Å². The molecule has 1 aliphatic rings. The molecule has 92 valence electrons. The largest absolute Gasteiger partial charge is 0.391 e. The molecule has 1 aromatic carbocycles. The van der Waals surface area contributed by atoms with Crippen molar-refractivity contribution in [2.75, 3.05) is 18.0 Å². The number of halogens is 1. The lowest BCUT2D eigenvalue weighted by molar-refractivity contribution is -0.384. The molecule has 17 heavy (non-hydrogen) atoms. The molecule has 1 fully saturated rings. The van der Waals surface area contributed by atoms with E-state index in [0.29, 0.717) is 25.2 Å². The minimum atomic E-state index is -0.627. The van der Waals surface area contributed by atoms with E-state index in [2.05, 4.69) is 0 Å². The third-order valence-corrected chi connectivity index (χ3v) is 2.87. The summed E-state index contributed by atoms with van der Waals surface area (Å²) in [6, 6.07) is 3.51. The summed E-state index contributed by atoms with van der Waals surface area (Å²) in [4.78, 5) is 12.0. The molecule has 5 nitrogen and oxygen atoms in total. The molecular weight excluding hydrogens is 227 g/mol. The van der Waals surface area contributed by atoms with Crippen molar-refractivity contribution >= 4 is 11.4 Å². The maximum Gasteiger partial charge on any atom is 0.295 e. The first-order valence-electron chi connectivity index (χ1n) is 5.45. The topological polar surface area (TPSA) is 66.6 Å². The molecule has 0 saturated carbocycles. The van der Waals surface area contributed by atoms with Gasteiger partial charge in [0.1, 0.15) is 11.5 Å². The second kappa shape index (κ2) is 4.67. The lowest BCUT2D eigenvalue weighted by Gasteiger charge is -2.31. The van der Waals surface area contributed by atoms with Crippen LogP contribution < -0.4 is 4.90 Å². The number of hydrogen-bond acceptors (Lipinski definition) is 4. The van der Waals surface area contributed by atoms with Gasteiger partial charge in [0.05, 0.1) is 17.1 Å². The summed E-state index contributed by atoms with van der Waals surface area (Å²) in [5.74, 6) is -0.627. The number of hydrogen-bond donors (Lipinski definition) is 1. The molecule has 1 saturated heterocycles. The predicted molar refractivity (Wildman–Crippen MR) is 60.5 cm³/mol. The number of rotatable bonds is 2. The summed E-state index contributed by atoms with van der Waals surface area (Å²) in [5.41, 5.74) is 0.120. The first-order valence-corrected chi connectivity index (χ1v) is 5.45. The molecular formula is C11H13FN2O3. The number of nitro groups is 1. The van der Waals surface area contributed by atoms with Crippen LogP contribution in [0.4, 0.5) is 15.8 Å². The molecule has 1 aliphatic heterocycles. The monoisotopic (exact) mass is 240 g/mol. The molecule has 6 heteroatoms. The average molecular weight is 240 g/mol. The van der Waals surface area contributed by atoms with E-state index in [1.165, 1.54) is 12.1 Å². The molecule has 0 unspecified atom stereocenters. The van der Waals surface area contributed by atoms with Gasteiger partial charge in [-0.15, -0.1) is 0 Å². The Morgan fingerprint density at radius 1 is 1.53 bits per heavy atom. The van der Waals surface area contributed by atoms with Crippen molar-refractivity contribution in [2.45, 2.75) is 18.9 Å². The van der Waals surface area contributed by atoms with Gasteiger partial charge in [0.25, 0.3) is 5.69 Å². The fourth-order valence-electron chi connectivity index (χ4n) is 2.08. The summed E-state index contributed by atoms with van der Waals surface area (Å²) < 4.78 is 13.0. The van der Waals surface area contributed by atoms with E-state index < -0.39 is 16.8 Å². The van der Waals surface area contributed by atoms with Crippen LogP contribution >= 0.6 is 0 Å². The van der Waals surface area contributed by atoms with E-state index in [0.717, 1.165) is 12.5 Å². The third-order valence-electron chi connectivity index (χ3n) is 2.87. The van der Waals surface area contributed by atoms with Crippen molar-refractivity contribution in [3.05, 3.63) is 34.1 Å². The number of nitro benzene ring substituents is 1. The summed E-state index contributed by atoms with van der Waals surface area (Å²) in [5, 5.41) is 20.4. The predicted octanol–water partition coefficient (Wildman–Crippen LogP) is 1.69. The number of nitrogens with zero attached hydrogens (tertiary/aromatic N) is 2. The summed E-state index contributed by atoms with van der Waals surface area (Å²) in [6.45, 7) is 0.996. The maximum absolute atomic E-state index is 13.0. The van der Waals surface area contributed by atoms with Crippen molar-refractivity contribution in [2.24, 2.45) is 0 Å². The number of anilines is 1. The normalized spacial score (nSPS) is 20.4. The van der Waals surface area contributed by atoms with E-state index in [1.807, 2.05) is 0 Å². The smallest absolute Gasteiger partial charge is 0.295 e. The minimum absolute atomic E-state index is 0.251. The van der Waals surface area contributed by atoms with Gasteiger partial charge >= 0.3 is 0 Å². The lowest BCUT2D eigenvalue weighted by Crippen LogP contribution is -2.38. The van der Waals surface area contributed by atoms with Gasteiger partial charge in [0.2, 0.25) is 0 Å². The highest BCUT2D eigenvalue weighted by Gasteiger charge is 2.24. The number of aliphatic hydroxyl groups excluding tert-OH is 1. The highest BCUT2D eigenvalue weighted by Crippen LogP contribution is 2.30. The first-order chi connectivity index (χ1) is 8.08. The number of piperidine rings is 1. The van der Waals surface area contributed by atoms with Crippen LogP contribution in [0, 0.1) is 15.9 Å². The molecule has 1 heterocycles. The van der Waals surface area contributed by atoms with Crippen LogP contribution in [0.3, 0.4) is 0 Å². The zero-order valence-electron chi connectivity index (χ0n) is 9.17. The second-order valence-electron chi connectivity index (χ2n) is 4.13. The zero-order valence-corrected chi connectivity index (χ0v) is 9.17. The highest BCUT2D eigenvalue weighted by atomic mass is 19.1. The van der Waals surface area contributed by atoms with Crippen LogP contribution in [0.2, 0.25) is 0 Å². The fourth-order valence-corrected chi connectivity index (χ4v) is 2.08. The van der Waals surface area contributed by atoms with E-state index >= 15 is 0 Å². The SMILES string of the molecule is O=[N+]([O-])c1cc(F)ccc1N1CCC[C@H](O)C1. The van der Waals surface area contributed by atoms with Crippen molar-refractivity contribution in [1.29, 1.82) is 0 Å². The van der Waals surface area contributed by atoms with Crippen LogP contribution in [0.5, 0.6) is 0 Å². The van der Waals surface area contributed by atoms with Gasteiger partial charge in [0.15, 0.2) is 0 Å². The fraction of sp³-hybridized carbons (Fsp3) is 0.455. The number of aliphatic hydroxyl groups is 1. The average Bonchev–Trinajstić information content (AvgIpc) is 2.28. The van der Waals surface area contributed by atoms with Crippen molar-refractivity contribution in [3.8, 4) is 0 Å². The Balaban J connectivity index is 2.33. The molecule has 0 aromatic heterocycles. The van der Waals surface area contributed by atoms with Gasteiger partial charge in [0, 0.05) is 13.1 Å². The molecule has 0 amide bonds. The van der Waals surface area contributed by atoms with Gasteiger partial charge in [-0.25, -0.2) is 4.39 Å². The molecule has 1 N–H and O–H groups in total. The van der Waals surface area contributed by atoms with Crippen molar-refractivity contribution in [3.63, 3.8) is 0 Å². The first kappa shape index (κ1) is 11.8. The molecule has 1 atom stereocenters. The van der Waals surface area contributed by atoms with Gasteiger partial charge in [-0.2, -0.15) is 0 Å². The Bertz CT molecular complexity index is 439. The van der Waals surface area contributed by atoms with E-state index in [9.17, 15) is 19.6 Å². The molecule has 0 aliphatic carbocycles. The quantitative estimate of drug-likeness (QED) is 0.631. The van der Waals surface area contributed by atoms with Crippen LogP contribution in [-0.2, 0) is 0 Å². The second-order valence-corrected chi connectivity index (χ2v) is 4.13. The van der Waals surface area contributed by atoms with E-state index in [-0.39, 0.29) is 5.69 Å². The van der Waals surface area contributed by atoms with Crippen LogP contribution in [0.25, 0.3) is 0 Å². The van der Waals surface area contributed by atoms with Gasteiger partial charge < -0.3 is 10.0 Å². The Kier molecular flexibility index (Phi) is 3.23. The Hall–Kier alpha value is -1.69. The standard InChI is InChI=1S/C11H13FN2O3/c12-8-3-4-10(11(6-8)14(16)17)13-5-1-2-9(15)7-13/h3-4,6,9,15H,1-2,5,7H2/t9-/m0/s1. The molecule has 0 radical (unpaired) electrons. The lowest BCUT2D eigenvalue weighted by atomic mass is 10.1. The molecule has 0 spiro atoms. The summed E-state index contributed by atoms with van der Waals surface area (Å²) >= 11 is 0.